The number of alkyl halides is 1. The quantitative estimate of drug-likeness (QED) is 0.337. The number of carboxylic acid groups (broad SMARTS) is 1. The number of carboxylic acids is 1. The number of esters is 1. The first-order chi connectivity index (χ1) is 20.0. The van der Waals surface area contributed by atoms with E-state index in [9.17, 15) is 24.3 Å². The molecule has 1 aromatic rings. The summed E-state index contributed by atoms with van der Waals surface area (Å²) in [6.07, 6.45) is 3.02. The van der Waals surface area contributed by atoms with Gasteiger partial charge in [0, 0.05) is 28.9 Å². The highest BCUT2D eigenvalue weighted by Gasteiger charge is 2.85. The number of epoxide rings is 1. The van der Waals surface area contributed by atoms with Crippen LogP contribution in [0, 0.1) is 28.6 Å². The van der Waals surface area contributed by atoms with Crippen molar-refractivity contribution in [2.24, 2.45) is 28.6 Å². The first kappa shape index (κ1) is 29.5. The van der Waals surface area contributed by atoms with Crippen LogP contribution in [0.1, 0.15) is 71.2 Å². The zero-order valence-electron chi connectivity index (χ0n) is 25.2. The maximum Gasteiger partial charge on any atom is 0.412 e. The van der Waals surface area contributed by atoms with Crippen molar-refractivity contribution in [1.82, 2.24) is 0 Å². The van der Waals surface area contributed by atoms with E-state index < -0.39 is 63.7 Å². The number of rotatable bonds is 4. The standard InChI is InChI=1S/C33H38FNO8/c1-17-15-30(5)24-14-23(34)21-13-20(36)11-12-22(21)32(24)25(41-32)16-31(30,6)33(17,27(38)39)42-26(37)18-7-9-19(10-8-18)35-28(40)43-29(2,3)4/h7-13,17,22-25H,14-16H2,1-6H3,(H,35,40)(H,38,39)/t17-,22+,23+,24?,25+,30?,31+,32-,33+/m1/s1. The Bertz CT molecular complexity index is 1480. The Balaban J connectivity index is 1.30. The van der Waals surface area contributed by atoms with Crippen molar-refractivity contribution in [3.63, 3.8) is 0 Å². The van der Waals surface area contributed by atoms with Gasteiger partial charge in [0.1, 0.15) is 17.4 Å². The molecule has 4 fully saturated rings. The SMILES string of the molecule is C[C@@H]1CC2(C)C3C[C@H](F)C4=CC(=O)C=C[C@@H]4[C@@]34O[C@H]4C[C@]2(C)[C@@]1(OC(=O)c1ccc(NC(=O)OC(C)(C)C)cc1)C(=O)O. The van der Waals surface area contributed by atoms with Gasteiger partial charge in [-0.05, 0) is 87.4 Å². The number of fused-ring (bicyclic) bond motifs is 3. The number of ether oxygens (including phenoxy) is 3. The summed E-state index contributed by atoms with van der Waals surface area (Å²) in [6.45, 7) is 10.8. The van der Waals surface area contributed by atoms with Crippen molar-refractivity contribution < 1.29 is 42.9 Å². The topological polar surface area (TPSA) is 132 Å². The molecular formula is C33H38FNO8. The molecule has 9 nitrogen and oxygen atoms in total. The molecule has 1 aliphatic heterocycles. The van der Waals surface area contributed by atoms with E-state index in [2.05, 4.69) is 5.32 Å². The minimum atomic E-state index is -1.90. The number of anilines is 1. The molecule has 0 radical (unpaired) electrons. The van der Waals surface area contributed by atoms with Crippen LogP contribution in [-0.2, 0) is 23.8 Å². The fourth-order valence-corrected chi connectivity index (χ4v) is 9.07. The molecule has 4 aliphatic carbocycles. The third-order valence-corrected chi connectivity index (χ3v) is 11.0. The Morgan fingerprint density at radius 2 is 1.79 bits per heavy atom. The number of amides is 1. The van der Waals surface area contributed by atoms with Gasteiger partial charge >= 0.3 is 18.0 Å². The normalized spacial score (nSPS) is 40.7. The molecule has 230 valence electrons. The molecule has 6 rings (SSSR count). The summed E-state index contributed by atoms with van der Waals surface area (Å²) < 4.78 is 33.5. The van der Waals surface area contributed by atoms with Crippen molar-refractivity contribution in [2.45, 2.75) is 89.9 Å². The van der Waals surface area contributed by atoms with Crippen LogP contribution in [0.25, 0.3) is 0 Å². The predicted octanol–water partition coefficient (Wildman–Crippen LogP) is 5.65. The van der Waals surface area contributed by atoms with Crippen LogP contribution in [0.4, 0.5) is 14.9 Å². The number of halogens is 1. The second kappa shape index (κ2) is 9.24. The lowest BCUT2D eigenvalue weighted by Gasteiger charge is -2.58. The number of aliphatic carboxylic acids is 1. The number of ketones is 1. The van der Waals surface area contributed by atoms with E-state index in [0.717, 1.165) is 0 Å². The summed E-state index contributed by atoms with van der Waals surface area (Å²) in [7, 11) is 0. The van der Waals surface area contributed by atoms with E-state index in [1.165, 1.54) is 36.4 Å². The van der Waals surface area contributed by atoms with Gasteiger partial charge in [0.05, 0.1) is 11.7 Å². The van der Waals surface area contributed by atoms with Crippen molar-refractivity contribution in [2.75, 3.05) is 5.32 Å². The van der Waals surface area contributed by atoms with Gasteiger partial charge in [-0.25, -0.2) is 18.8 Å². The highest BCUT2D eigenvalue weighted by Crippen LogP contribution is 2.79. The highest BCUT2D eigenvalue weighted by molar-refractivity contribution is 6.01. The van der Waals surface area contributed by atoms with Crippen molar-refractivity contribution in [3.05, 3.63) is 53.6 Å². The summed E-state index contributed by atoms with van der Waals surface area (Å²) in [5.74, 6) is -3.61. The van der Waals surface area contributed by atoms with E-state index in [0.29, 0.717) is 24.1 Å². The summed E-state index contributed by atoms with van der Waals surface area (Å²) in [5.41, 5.74) is -4.16. The largest absolute Gasteiger partial charge is 0.478 e. The number of carbonyl (C=O) groups excluding carboxylic acids is 3. The average Bonchev–Trinajstić information content (AvgIpc) is 3.57. The zero-order chi connectivity index (χ0) is 31.3. The van der Waals surface area contributed by atoms with Gasteiger partial charge < -0.3 is 19.3 Å². The Labute approximate surface area is 249 Å². The Morgan fingerprint density at radius 1 is 1.12 bits per heavy atom. The van der Waals surface area contributed by atoms with Gasteiger partial charge in [0.25, 0.3) is 0 Å². The third-order valence-electron chi connectivity index (χ3n) is 11.0. The minimum Gasteiger partial charge on any atom is -0.478 e. The van der Waals surface area contributed by atoms with Gasteiger partial charge in [0.2, 0.25) is 5.60 Å². The van der Waals surface area contributed by atoms with Gasteiger partial charge in [-0.2, -0.15) is 0 Å². The van der Waals surface area contributed by atoms with E-state index in [1.807, 2.05) is 13.8 Å². The molecule has 0 aromatic heterocycles. The first-order valence-corrected chi connectivity index (χ1v) is 14.8. The molecule has 5 aliphatic rings. The Kier molecular flexibility index (Phi) is 6.34. The zero-order valence-corrected chi connectivity index (χ0v) is 25.2. The number of benzene rings is 1. The number of nitrogens with one attached hydrogen (secondary N) is 1. The lowest BCUT2D eigenvalue weighted by Crippen LogP contribution is -2.65. The van der Waals surface area contributed by atoms with Crippen molar-refractivity contribution in [1.29, 1.82) is 0 Å². The molecule has 1 amide bonds. The molecule has 2 N–H and O–H groups in total. The minimum absolute atomic E-state index is 0.106. The smallest absolute Gasteiger partial charge is 0.412 e. The first-order valence-electron chi connectivity index (χ1n) is 14.8. The number of carbonyl (C=O) groups is 4. The van der Waals surface area contributed by atoms with E-state index >= 15 is 4.39 Å². The molecule has 43 heavy (non-hydrogen) atoms. The van der Waals surface area contributed by atoms with Gasteiger partial charge in [-0.3, -0.25) is 10.1 Å². The lowest BCUT2D eigenvalue weighted by molar-refractivity contribution is -0.193. The molecular weight excluding hydrogens is 557 g/mol. The molecule has 9 atom stereocenters. The van der Waals surface area contributed by atoms with Crippen LogP contribution in [0.3, 0.4) is 0 Å². The Morgan fingerprint density at radius 3 is 2.42 bits per heavy atom. The average molecular weight is 596 g/mol. The molecule has 0 bridgehead atoms. The molecule has 1 saturated heterocycles. The van der Waals surface area contributed by atoms with Crippen LogP contribution < -0.4 is 5.32 Å². The van der Waals surface area contributed by atoms with Crippen LogP contribution in [0.2, 0.25) is 0 Å². The molecule has 1 spiro atoms. The third kappa shape index (κ3) is 4.05. The van der Waals surface area contributed by atoms with E-state index in [-0.39, 0.29) is 29.8 Å². The maximum atomic E-state index is 15.7. The van der Waals surface area contributed by atoms with Crippen LogP contribution in [0.5, 0.6) is 0 Å². The Hall–Kier alpha value is -3.53. The lowest BCUT2D eigenvalue weighted by atomic mass is 9.44. The van der Waals surface area contributed by atoms with Crippen molar-refractivity contribution >= 4 is 29.5 Å². The molecule has 10 heteroatoms. The van der Waals surface area contributed by atoms with Gasteiger partial charge in [-0.1, -0.05) is 26.8 Å². The predicted molar refractivity (Wildman–Crippen MR) is 153 cm³/mol. The maximum absolute atomic E-state index is 15.7. The molecule has 1 aromatic carbocycles. The second-order valence-corrected chi connectivity index (χ2v) is 14.3. The second-order valence-electron chi connectivity index (χ2n) is 14.3. The summed E-state index contributed by atoms with van der Waals surface area (Å²) in [5, 5.41) is 13.4. The summed E-state index contributed by atoms with van der Waals surface area (Å²) >= 11 is 0. The van der Waals surface area contributed by atoms with Crippen LogP contribution >= 0.6 is 0 Å². The fourth-order valence-electron chi connectivity index (χ4n) is 9.07. The van der Waals surface area contributed by atoms with Gasteiger partial charge in [-0.15, -0.1) is 0 Å². The molecule has 3 saturated carbocycles. The summed E-state index contributed by atoms with van der Waals surface area (Å²) in [4.78, 5) is 51.1. The van der Waals surface area contributed by atoms with E-state index in [4.69, 9.17) is 14.2 Å². The fraction of sp³-hybridized carbons (Fsp3) is 0.576. The summed E-state index contributed by atoms with van der Waals surface area (Å²) in [6, 6.07) is 5.95. The van der Waals surface area contributed by atoms with E-state index in [1.54, 1.807) is 33.8 Å². The highest BCUT2D eigenvalue weighted by atomic mass is 19.1. The van der Waals surface area contributed by atoms with Crippen LogP contribution in [-0.4, -0.2) is 58.0 Å². The number of allylic oxidation sites excluding steroid dienone is 2. The number of hydrogen-bond acceptors (Lipinski definition) is 7. The van der Waals surface area contributed by atoms with Crippen molar-refractivity contribution in [3.8, 4) is 0 Å². The number of hydrogen-bond donors (Lipinski definition) is 2. The molecule has 2 unspecified atom stereocenters. The monoisotopic (exact) mass is 595 g/mol. The van der Waals surface area contributed by atoms with Crippen LogP contribution in [0.15, 0.2) is 48.1 Å². The molecule has 1 heterocycles. The van der Waals surface area contributed by atoms with Gasteiger partial charge in [0.15, 0.2) is 5.78 Å².